The molecule has 0 saturated carbocycles. The van der Waals surface area contributed by atoms with Gasteiger partial charge in [0.25, 0.3) is 0 Å². The number of ether oxygens (including phenoxy) is 2. The summed E-state index contributed by atoms with van der Waals surface area (Å²) in [7, 11) is 0. The molecule has 0 aromatic heterocycles. The zero-order valence-corrected chi connectivity index (χ0v) is 13.0. The molecule has 0 spiro atoms. The zero-order valence-electron chi connectivity index (χ0n) is 13.0. The number of nitrogens with zero attached hydrogens (tertiary/aromatic N) is 1. The third kappa shape index (κ3) is 3.88. The van der Waals surface area contributed by atoms with Crippen molar-refractivity contribution in [1.29, 1.82) is 0 Å². The van der Waals surface area contributed by atoms with Crippen LogP contribution in [0.1, 0.15) is 32.8 Å². The number of nitrogens with two attached hydrogens (primary N) is 1. The standard InChI is InChI=1S/C16H24N2O3/c1-4-18(16(19)13(17)7-11(2)3)9-12-5-6-14-15(8-12)21-10-20-14/h5-6,8,11,13H,4,7,9-10,17H2,1-3H3. The van der Waals surface area contributed by atoms with E-state index in [0.29, 0.717) is 25.4 Å². The van der Waals surface area contributed by atoms with Crippen LogP contribution in [0.5, 0.6) is 11.5 Å². The van der Waals surface area contributed by atoms with E-state index in [1.54, 1.807) is 4.90 Å². The van der Waals surface area contributed by atoms with Gasteiger partial charge in [0.15, 0.2) is 11.5 Å². The van der Waals surface area contributed by atoms with Gasteiger partial charge >= 0.3 is 0 Å². The van der Waals surface area contributed by atoms with Crippen molar-refractivity contribution in [3.63, 3.8) is 0 Å². The summed E-state index contributed by atoms with van der Waals surface area (Å²) in [6, 6.07) is 5.33. The maximum absolute atomic E-state index is 12.4. The highest BCUT2D eigenvalue weighted by Crippen LogP contribution is 2.32. The molecule has 0 aliphatic carbocycles. The first kappa shape index (κ1) is 15.6. The van der Waals surface area contributed by atoms with Crippen LogP contribution in [-0.2, 0) is 11.3 Å². The molecule has 1 amide bonds. The molecule has 0 saturated heterocycles. The Morgan fingerprint density at radius 2 is 2.05 bits per heavy atom. The molecule has 2 rings (SSSR count). The van der Waals surface area contributed by atoms with Gasteiger partial charge in [-0.15, -0.1) is 0 Å². The largest absolute Gasteiger partial charge is 0.454 e. The molecule has 1 unspecified atom stereocenters. The fraction of sp³-hybridized carbons (Fsp3) is 0.562. The number of rotatable bonds is 6. The molecule has 1 aliphatic heterocycles. The molecule has 21 heavy (non-hydrogen) atoms. The van der Waals surface area contributed by atoms with Gasteiger partial charge in [0.1, 0.15) is 0 Å². The molecule has 0 radical (unpaired) electrons. The van der Waals surface area contributed by atoms with Crippen molar-refractivity contribution in [1.82, 2.24) is 4.90 Å². The normalized spacial score (nSPS) is 14.3. The van der Waals surface area contributed by atoms with Crippen molar-refractivity contribution in [3.05, 3.63) is 23.8 Å². The fourth-order valence-corrected chi connectivity index (χ4v) is 2.45. The second-order valence-corrected chi connectivity index (χ2v) is 5.78. The Kier molecular flexibility index (Phi) is 5.07. The first-order valence-corrected chi connectivity index (χ1v) is 7.44. The summed E-state index contributed by atoms with van der Waals surface area (Å²) in [6.07, 6.45) is 0.705. The quantitative estimate of drug-likeness (QED) is 0.872. The second kappa shape index (κ2) is 6.80. The van der Waals surface area contributed by atoms with E-state index in [0.717, 1.165) is 17.1 Å². The third-order valence-electron chi connectivity index (χ3n) is 3.55. The van der Waals surface area contributed by atoms with Crippen LogP contribution in [0.4, 0.5) is 0 Å². The number of amides is 1. The van der Waals surface area contributed by atoms with E-state index in [-0.39, 0.29) is 12.7 Å². The van der Waals surface area contributed by atoms with Crippen LogP contribution in [0.25, 0.3) is 0 Å². The lowest BCUT2D eigenvalue weighted by molar-refractivity contribution is -0.133. The van der Waals surface area contributed by atoms with Crippen molar-refractivity contribution in [3.8, 4) is 11.5 Å². The van der Waals surface area contributed by atoms with E-state index in [1.807, 2.05) is 25.1 Å². The minimum Gasteiger partial charge on any atom is -0.454 e. The average molecular weight is 292 g/mol. The molecule has 1 atom stereocenters. The first-order chi connectivity index (χ1) is 10.0. The number of carbonyl (C=O) groups is 1. The molecular weight excluding hydrogens is 268 g/mol. The van der Waals surface area contributed by atoms with Crippen molar-refractivity contribution in [2.24, 2.45) is 11.7 Å². The molecule has 0 fully saturated rings. The van der Waals surface area contributed by atoms with E-state index in [2.05, 4.69) is 13.8 Å². The lowest BCUT2D eigenvalue weighted by Crippen LogP contribution is -2.43. The highest BCUT2D eigenvalue weighted by atomic mass is 16.7. The summed E-state index contributed by atoms with van der Waals surface area (Å²) in [5.41, 5.74) is 7.02. The van der Waals surface area contributed by atoms with Crippen molar-refractivity contribution in [2.75, 3.05) is 13.3 Å². The Morgan fingerprint density at radius 3 is 2.71 bits per heavy atom. The minimum absolute atomic E-state index is 0.00358. The van der Waals surface area contributed by atoms with Gasteiger partial charge in [0.05, 0.1) is 6.04 Å². The van der Waals surface area contributed by atoms with Crippen LogP contribution < -0.4 is 15.2 Å². The Morgan fingerprint density at radius 1 is 1.33 bits per heavy atom. The van der Waals surface area contributed by atoms with Gasteiger partial charge in [-0.1, -0.05) is 19.9 Å². The maximum Gasteiger partial charge on any atom is 0.239 e. The van der Waals surface area contributed by atoms with E-state index < -0.39 is 6.04 Å². The predicted molar refractivity (Wildman–Crippen MR) is 81.1 cm³/mol. The fourth-order valence-electron chi connectivity index (χ4n) is 2.45. The van der Waals surface area contributed by atoms with E-state index in [1.165, 1.54) is 0 Å². The number of carbonyl (C=O) groups excluding carboxylic acids is 1. The molecular formula is C16H24N2O3. The smallest absolute Gasteiger partial charge is 0.239 e. The highest BCUT2D eigenvalue weighted by molar-refractivity contribution is 5.81. The summed E-state index contributed by atoms with van der Waals surface area (Å²) in [5, 5.41) is 0. The molecule has 1 aromatic rings. The van der Waals surface area contributed by atoms with Crippen molar-refractivity contribution >= 4 is 5.91 Å². The van der Waals surface area contributed by atoms with Crippen LogP contribution in [-0.4, -0.2) is 30.2 Å². The summed E-state index contributed by atoms with van der Waals surface area (Å²) >= 11 is 0. The zero-order chi connectivity index (χ0) is 15.4. The second-order valence-electron chi connectivity index (χ2n) is 5.78. The van der Waals surface area contributed by atoms with Gasteiger partial charge in [0, 0.05) is 13.1 Å². The third-order valence-corrected chi connectivity index (χ3v) is 3.55. The summed E-state index contributed by atoms with van der Waals surface area (Å²) in [6.45, 7) is 7.54. The number of hydrogen-bond acceptors (Lipinski definition) is 4. The van der Waals surface area contributed by atoms with Gasteiger partial charge in [-0.25, -0.2) is 0 Å². The van der Waals surface area contributed by atoms with Crippen molar-refractivity contribution in [2.45, 2.75) is 39.8 Å². The summed E-state index contributed by atoms with van der Waals surface area (Å²) < 4.78 is 10.7. The van der Waals surface area contributed by atoms with E-state index >= 15 is 0 Å². The highest BCUT2D eigenvalue weighted by Gasteiger charge is 2.22. The Balaban J connectivity index is 2.03. The molecule has 1 aliphatic rings. The monoisotopic (exact) mass is 292 g/mol. The van der Waals surface area contributed by atoms with Crippen LogP contribution >= 0.6 is 0 Å². The van der Waals surface area contributed by atoms with Crippen LogP contribution in [0.2, 0.25) is 0 Å². The van der Waals surface area contributed by atoms with Crippen LogP contribution in [0, 0.1) is 5.92 Å². The topological polar surface area (TPSA) is 64.8 Å². The number of likely N-dealkylation sites (N-methyl/N-ethyl adjacent to an activating group) is 1. The van der Waals surface area contributed by atoms with Gasteiger partial charge in [0.2, 0.25) is 12.7 Å². The molecule has 1 aromatic carbocycles. The van der Waals surface area contributed by atoms with Crippen molar-refractivity contribution < 1.29 is 14.3 Å². The van der Waals surface area contributed by atoms with Gasteiger partial charge in [-0.2, -0.15) is 0 Å². The number of fused-ring (bicyclic) bond motifs is 1. The lowest BCUT2D eigenvalue weighted by Gasteiger charge is -2.25. The molecule has 1 heterocycles. The van der Waals surface area contributed by atoms with Gasteiger partial charge in [-0.3, -0.25) is 4.79 Å². The molecule has 5 nitrogen and oxygen atoms in total. The summed E-state index contributed by atoms with van der Waals surface area (Å²) in [4.78, 5) is 14.2. The summed E-state index contributed by atoms with van der Waals surface area (Å²) in [5.74, 6) is 1.91. The van der Waals surface area contributed by atoms with Crippen LogP contribution in [0.15, 0.2) is 18.2 Å². The maximum atomic E-state index is 12.4. The lowest BCUT2D eigenvalue weighted by atomic mass is 10.0. The van der Waals surface area contributed by atoms with Crippen LogP contribution in [0.3, 0.4) is 0 Å². The number of hydrogen-bond donors (Lipinski definition) is 1. The average Bonchev–Trinajstić information content (AvgIpc) is 2.90. The Labute approximate surface area is 126 Å². The Bertz CT molecular complexity index is 502. The predicted octanol–water partition coefficient (Wildman–Crippen LogP) is 2.14. The molecule has 2 N–H and O–H groups in total. The van der Waals surface area contributed by atoms with E-state index in [4.69, 9.17) is 15.2 Å². The SMILES string of the molecule is CCN(Cc1ccc2c(c1)OCO2)C(=O)C(N)CC(C)C. The van der Waals surface area contributed by atoms with Gasteiger partial charge < -0.3 is 20.1 Å². The Hall–Kier alpha value is -1.75. The number of benzene rings is 1. The molecule has 5 heteroatoms. The molecule has 0 bridgehead atoms. The van der Waals surface area contributed by atoms with Gasteiger partial charge in [-0.05, 0) is 37.0 Å². The first-order valence-electron chi connectivity index (χ1n) is 7.44. The minimum atomic E-state index is -0.432. The van der Waals surface area contributed by atoms with E-state index in [9.17, 15) is 4.79 Å². The molecule has 116 valence electrons.